The molecule has 0 radical (unpaired) electrons. The van der Waals surface area contributed by atoms with E-state index in [1.807, 2.05) is 38.2 Å². The number of hydrogen-bond donors (Lipinski definition) is 0. The number of halogens is 1. The van der Waals surface area contributed by atoms with Crippen LogP contribution < -0.4 is 0 Å². The molecule has 0 aliphatic heterocycles. The van der Waals surface area contributed by atoms with Crippen molar-refractivity contribution in [3.05, 3.63) is 41.6 Å². The molecule has 0 aliphatic rings. The third-order valence-corrected chi connectivity index (χ3v) is 3.21. The molecule has 3 aromatic rings. The Bertz CT molecular complexity index is 733. The summed E-state index contributed by atoms with van der Waals surface area (Å²) in [5, 5.41) is 0.254. The highest BCUT2D eigenvalue weighted by Gasteiger charge is 2.07. The minimum absolute atomic E-state index is 0.254. The highest BCUT2D eigenvalue weighted by atomic mass is 35.5. The van der Waals surface area contributed by atoms with E-state index in [0.717, 1.165) is 28.1 Å². The molecule has 0 aliphatic carbocycles. The summed E-state index contributed by atoms with van der Waals surface area (Å²) in [7, 11) is 2.01. The van der Waals surface area contributed by atoms with E-state index in [4.69, 9.17) is 11.6 Å². The summed E-state index contributed by atoms with van der Waals surface area (Å²) in [6.07, 6.45) is 1.65. The number of imidazole rings is 1. The van der Waals surface area contributed by atoms with Crippen molar-refractivity contribution in [2.75, 3.05) is 0 Å². The summed E-state index contributed by atoms with van der Waals surface area (Å²) in [5.41, 5.74) is 3.86. The Morgan fingerprint density at radius 1 is 1.17 bits per heavy atom. The van der Waals surface area contributed by atoms with E-state index >= 15 is 0 Å². The summed E-state index contributed by atoms with van der Waals surface area (Å²) in [6.45, 7) is 1.99. The van der Waals surface area contributed by atoms with E-state index in [1.165, 1.54) is 0 Å². The number of aromatic nitrogens is 4. The van der Waals surface area contributed by atoms with Crippen LogP contribution in [0.4, 0.5) is 0 Å². The summed E-state index contributed by atoms with van der Waals surface area (Å²) >= 11 is 5.80. The second kappa shape index (κ2) is 4.07. The number of fused-ring (bicyclic) bond motifs is 1. The van der Waals surface area contributed by atoms with Crippen LogP contribution in [0.3, 0.4) is 0 Å². The lowest BCUT2D eigenvalue weighted by Crippen LogP contribution is -1.90. The Hall–Kier alpha value is -1.94. The highest BCUT2D eigenvalue weighted by Crippen LogP contribution is 2.23. The van der Waals surface area contributed by atoms with E-state index < -0.39 is 0 Å². The van der Waals surface area contributed by atoms with Gasteiger partial charge in [0.2, 0.25) is 5.28 Å². The van der Waals surface area contributed by atoms with E-state index in [-0.39, 0.29) is 5.28 Å². The van der Waals surface area contributed by atoms with Crippen LogP contribution in [0.5, 0.6) is 0 Å². The van der Waals surface area contributed by atoms with Gasteiger partial charge in [0.1, 0.15) is 5.82 Å². The Morgan fingerprint density at radius 3 is 2.78 bits per heavy atom. The second-order valence-corrected chi connectivity index (χ2v) is 4.47. The lowest BCUT2D eigenvalue weighted by atomic mass is 10.1. The summed E-state index contributed by atoms with van der Waals surface area (Å²) in [5.74, 6) is 0.989. The first kappa shape index (κ1) is 11.2. The molecule has 0 N–H and O–H groups in total. The molecule has 2 heterocycles. The van der Waals surface area contributed by atoms with Gasteiger partial charge in [-0.2, -0.15) is 0 Å². The normalized spacial score (nSPS) is 11.1. The molecule has 0 fully saturated rings. The smallest absolute Gasteiger partial charge is 0.222 e. The number of rotatable bonds is 1. The van der Waals surface area contributed by atoms with Crippen LogP contribution in [0.25, 0.3) is 22.3 Å². The molecule has 0 spiro atoms. The van der Waals surface area contributed by atoms with Gasteiger partial charge in [0, 0.05) is 18.8 Å². The van der Waals surface area contributed by atoms with Crippen molar-refractivity contribution in [2.24, 2.45) is 7.05 Å². The fourth-order valence-electron chi connectivity index (χ4n) is 1.98. The van der Waals surface area contributed by atoms with Crippen LogP contribution in [0.15, 0.2) is 30.5 Å². The van der Waals surface area contributed by atoms with Crippen molar-refractivity contribution >= 4 is 22.6 Å². The van der Waals surface area contributed by atoms with Crippen LogP contribution in [0.1, 0.15) is 5.82 Å². The predicted molar refractivity (Wildman–Crippen MR) is 71.5 cm³/mol. The molecule has 5 heteroatoms. The molecule has 0 amide bonds. The van der Waals surface area contributed by atoms with Gasteiger partial charge in [-0.3, -0.25) is 0 Å². The summed E-state index contributed by atoms with van der Waals surface area (Å²) < 4.78 is 2.06. The van der Waals surface area contributed by atoms with Crippen molar-refractivity contribution in [2.45, 2.75) is 6.92 Å². The molecule has 1 aromatic carbocycles. The average Bonchev–Trinajstić information content (AvgIpc) is 2.65. The van der Waals surface area contributed by atoms with Gasteiger partial charge in [-0.15, -0.1) is 0 Å². The lowest BCUT2D eigenvalue weighted by Gasteiger charge is -2.01. The molecule has 18 heavy (non-hydrogen) atoms. The molecule has 3 rings (SSSR count). The molecular formula is C13H11ClN4. The predicted octanol–water partition coefficient (Wildman–Crippen LogP) is 2.99. The second-order valence-electron chi connectivity index (χ2n) is 4.13. The largest absolute Gasteiger partial charge is 0.331 e. The molecule has 0 atom stereocenters. The molecule has 4 nitrogen and oxygen atoms in total. The fourth-order valence-corrected chi connectivity index (χ4v) is 2.12. The van der Waals surface area contributed by atoms with Gasteiger partial charge in [-0.1, -0.05) is 6.07 Å². The highest BCUT2D eigenvalue weighted by molar-refractivity contribution is 6.28. The maximum absolute atomic E-state index is 5.80. The molecule has 0 unspecified atom stereocenters. The van der Waals surface area contributed by atoms with Crippen LogP contribution >= 0.6 is 11.6 Å². The quantitative estimate of drug-likeness (QED) is 0.630. The first-order valence-corrected chi connectivity index (χ1v) is 5.95. The molecule has 0 saturated carbocycles. The van der Waals surface area contributed by atoms with Gasteiger partial charge >= 0.3 is 0 Å². The lowest BCUT2D eigenvalue weighted by molar-refractivity contribution is 0.886. The number of aryl methyl sites for hydroxylation is 2. The van der Waals surface area contributed by atoms with Gasteiger partial charge in [0.15, 0.2) is 0 Å². The summed E-state index contributed by atoms with van der Waals surface area (Å²) in [4.78, 5) is 12.6. The molecule has 90 valence electrons. The van der Waals surface area contributed by atoms with E-state index in [9.17, 15) is 0 Å². The zero-order valence-electron chi connectivity index (χ0n) is 10.1. The zero-order chi connectivity index (χ0) is 12.7. The average molecular weight is 259 g/mol. The Morgan fingerprint density at radius 2 is 2.00 bits per heavy atom. The van der Waals surface area contributed by atoms with Crippen LogP contribution in [0, 0.1) is 6.92 Å². The maximum atomic E-state index is 5.80. The minimum Gasteiger partial charge on any atom is -0.331 e. The molecule has 0 saturated heterocycles. The Balaban J connectivity index is 2.19. The van der Waals surface area contributed by atoms with Gasteiger partial charge in [-0.05, 0) is 36.7 Å². The number of nitrogens with zero attached hydrogens (tertiary/aromatic N) is 4. The molecule has 2 aromatic heterocycles. The van der Waals surface area contributed by atoms with Gasteiger partial charge in [0.05, 0.1) is 16.7 Å². The third-order valence-electron chi connectivity index (χ3n) is 3.03. The Kier molecular flexibility index (Phi) is 2.52. The Labute approximate surface area is 109 Å². The standard InChI is InChI=1S/C13H11ClN4/c1-8-16-11-7-9(3-4-12(11)18(8)2)10-5-6-15-13(14)17-10/h3-7H,1-2H3. The van der Waals surface area contributed by atoms with Crippen molar-refractivity contribution in [3.8, 4) is 11.3 Å². The minimum atomic E-state index is 0.254. The SMILES string of the molecule is Cc1nc2cc(-c3ccnc(Cl)n3)ccc2n1C. The summed E-state index contributed by atoms with van der Waals surface area (Å²) in [6, 6.07) is 7.91. The van der Waals surface area contributed by atoms with Crippen molar-refractivity contribution < 1.29 is 0 Å². The van der Waals surface area contributed by atoms with Crippen LogP contribution in [-0.2, 0) is 7.05 Å². The maximum Gasteiger partial charge on any atom is 0.222 e. The topological polar surface area (TPSA) is 43.6 Å². The van der Waals surface area contributed by atoms with Gasteiger partial charge in [0.25, 0.3) is 0 Å². The van der Waals surface area contributed by atoms with Crippen molar-refractivity contribution in [1.29, 1.82) is 0 Å². The third kappa shape index (κ3) is 1.75. The first-order valence-electron chi connectivity index (χ1n) is 5.57. The van der Waals surface area contributed by atoms with Gasteiger partial charge < -0.3 is 4.57 Å². The molecule has 0 bridgehead atoms. The zero-order valence-corrected chi connectivity index (χ0v) is 10.8. The monoisotopic (exact) mass is 258 g/mol. The molecular weight excluding hydrogens is 248 g/mol. The van der Waals surface area contributed by atoms with E-state index in [0.29, 0.717) is 0 Å². The van der Waals surface area contributed by atoms with Crippen LogP contribution in [-0.4, -0.2) is 19.5 Å². The number of benzene rings is 1. The van der Waals surface area contributed by atoms with Crippen LogP contribution in [0.2, 0.25) is 5.28 Å². The van der Waals surface area contributed by atoms with E-state index in [1.54, 1.807) is 6.20 Å². The van der Waals surface area contributed by atoms with E-state index in [2.05, 4.69) is 19.5 Å². The number of hydrogen-bond acceptors (Lipinski definition) is 3. The fraction of sp³-hybridized carbons (Fsp3) is 0.154. The van der Waals surface area contributed by atoms with Gasteiger partial charge in [-0.25, -0.2) is 15.0 Å². The van der Waals surface area contributed by atoms with Crippen molar-refractivity contribution in [3.63, 3.8) is 0 Å². The van der Waals surface area contributed by atoms with Crippen molar-refractivity contribution in [1.82, 2.24) is 19.5 Å². The first-order chi connectivity index (χ1) is 8.65.